The van der Waals surface area contributed by atoms with Gasteiger partial charge >= 0.3 is 0 Å². The van der Waals surface area contributed by atoms with E-state index in [1.54, 1.807) is 0 Å². The minimum atomic E-state index is 0.380. The van der Waals surface area contributed by atoms with Crippen LogP contribution in [0.25, 0.3) is 0 Å². The van der Waals surface area contributed by atoms with Crippen molar-refractivity contribution in [2.45, 2.75) is 18.9 Å². The van der Waals surface area contributed by atoms with Crippen molar-refractivity contribution < 1.29 is 0 Å². The molecule has 1 heteroatoms. The predicted molar refractivity (Wildman–Crippen MR) is 54.5 cm³/mol. The van der Waals surface area contributed by atoms with Crippen LogP contribution in [-0.2, 0) is 0 Å². The first-order chi connectivity index (χ1) is 5.88. The van der Waals surface area contributed by atoms with Crippen LogP contribution < -0.4 is 0 Å². The first kappa shape index (κ1) is 8.98. The molecule has 1 rings (SSSR count). The molecule has 0 aromatic rings. The van der Waals surface area contributed by atoms with E-state index in [-0.39, 0.29) is 0 Å². The van der Waals surface area contributed by atoms with Crippen molar-refractivity contribution in [2.75, 3.05) is 0 Å². The smallest absolute Gasteiger partial charge is 0.0599 e. The Morgan fingerprint density at radius 3 is 2.67 bits per heavy atom. The third kappa shape index (κ3) is 2.19. The summed E-state index contributed by atoms with van der Waals surface area (Å²) in [6.07, 6.45) is 11.9. The van der Waals surface area contributed by atoms with Crippen LogP contribution in [0.4, 0.5) is 0 Å². The average molecular weight is 161 g/mol. The van der Waals surface area contributed by atoms with Crippen LogP contribution >= 0.6 is 0 Å². The normalized spacial score (nSPS) is 27.0. The van der Waals surface area contributed by atoms with E-state index in [4.69, 9.17) is 0 Å². The molecule has 0 amide bonds. The largest absolute Gasteiger partial charge is 0.289 e. The van der Waals surface area contributed by atoms with Gasteiger partial charge in [0.05, 0.1) is 6.04 Å². The molecule has 0 bridgehead atoms. The minimum absolute atomic E-state index is 0.380. The van der Waals surface area contributed by atoms with E-state index in [1.807, 2.05) is 24.4 Å². The van der Waals surface area contributed by atoms with Gasteiger partial charge in [-0.3, -0.25) is 4.99 Å². The average Bonchev–Trinajstić information content (AvgIpc) is 2.09. The summed E-state index contributed by atoms with van der Waals surface area (Å²) in [5.41, 5.74) is 0. The Bertz CT molecular complexity index is 189. The van der Waals surface area contributed by atoms with Crippen molar-refractivity contribution in [3.63, 3.8) is 0 Å². The number of dihydropyridines is 1. The van der Waals surface area contributed by atoms with E-state index in [0.717, 1.165) is 12.8 Å². The van der Waals surface area contributed by atoms with Crippen molar-refractivity contribution in [3.05, 3.63) is 37.5 Å². The van der Waals surface area contributed by atoms with Gasteiger partial charge in [0.2, 0.25) is 0 Å². The molecular formula is C11H15N. The summed E-state index contributed by atoms with van der Waals surface area (Å²) in [5, 5.41) is 0. The highest BCUT2D eigenvalue weighted by Gasteiger charge is 2.16. The first-order valence-electron chi connectivity index (χ1n) is 4.30. The highest BCUT2D eigenvalue weighted by molar-refractivity contribution is 5.72. The summed E-state index contributed by atoms with van der Waals surface area (Å²) in [6.45, 7) is 7.46. The molecule has 1 aliphatic heterocycles. The van der Waals surface area contributed by atoms with E-state index in [0.29, 0.717) is 12.0 Å². The molecule has 0 fully saturated rings. The quantitative estimate of drug-likeness (QED) is 0.562. The molecule has 2 unspecified atom stereocenters. The minimum Gasteiger partial charge on any atom is -0.289 e. The van der Waals surface area contributed by atoms with Gasteiger partial charge < -0.3 is 0 Å². The predicted octanol–water partition coefficient (Wildman–Crippen LogP) is 2.76. The van der Waals surface area contributed by atoms with Crippen molar-refractivity contribution in [3.8, 4) is 0 Å². The van der Waals surface area contributed by atoms with Crippen LogP contribution in [0.1, 0.15) is 12.8 Å². The summed E-state index contributed by atoms with van der Waals surface area (Å²) in [5.74, 6) is 0.519. The second kappa shape index (κ2) is 4.70. The van der Waals surface area contributed by atoms with Crippen LogP contribution in [0.5, 0.6) is 0 Å². The molecule has 0 saturated carbocycles. The molecule has 1 heterocycles. The molecular weight excluding hydrogens is 146 g/mol. The molecule has 0 aromatic heterocycles. The first-order valence-corrected chi connectivity index (χ1v) is 4.30. The number of rotatable bonds is 4. The van der Waals surface area contributed by atoms with Crippen LogP contribution in [0, 0.1) is 5.92 Å². The van der Waals surface area contributed by atoms with Gasteiger partial charge in [-0.05, 0) is 18.9 Å². The van der Waals surface area contributed by atoms with Gasteiger partial charge in [0.1, 0.15) is 0 Å². The second-order valence-corrected chi connectivity index (χ2v) is 2.96. The number of aliphatic imine (C=N–C) groups is 1. The van der Waals surface area contributed by atoms with E-state index >= 15 is 0 Å². The summed E-state index contributed by atoms with van der Waals surface area (Å²) in [6, 6.07) is 0.380. The van der Waals surface area contributed by atoms with Gasteiger partial charge in [-0.2, -0.15) is 0 Å². The molecule has 0 saturated heterocycles. The van der Waals surface area contributed by atoms with Crippen LogP contribution in [-0.4, -0.2) is 12.3 Å². The second-order valence-electron chi connectivity index (χ2n) is 2.96. The molecule has 2 atom stereocenters. The van der Waals surface area contributed by atoms with Gasteiger partial charge in [-0.1, -0.05) is 18.2 Å². The zero-order chi connectivity index (χ0) is 8.81. The van der Waals surface area contributed by atoms with Crippen LogP contribution in [0.3, 0.4) is 0 Å². The molecule has 64 valence electrons. The Kier molecular flexibility index (Phi) is 3.52. The Morgan fingerprint density at radius 1 is 1.25 bits per heavy atom. The Hall–Kier alpha value is -1.11. The van der Waals surface area contributed by atoms with Gasteiger partial charge in [0.25, 0.3) is 0 Å². The van der Waals surface area contributed by atoms with E-state index < -0.39 is 0 Å². The topological polar surface area (TPSA) is 12.4 Å². The van der Waals surface area contributed by atoms with Crippen molar-refractivity contribution in [2.24, 2.45) is 10.9 Å². The number of allylic oxidation sites excluding steroid dienone is 2. The third-order valence-electron chi connectivity index (χ3n) is 2.06. The summed E-state index contributed by atoms with van der Waals surface area (Å²) >= 11 is 0. The maximum absolute atomic E-state index is 4.39. The fourth-order valence-corrected chi connectivity index (χ4v) is 1.43. The molecule has 1 aliphatic rings. The van der Waals surface area contributed by atoms with Gasteiger partial charge in [-0.25, -0.2) is 0 Å². The lowest BCUT2D eigenvalue weighted by Gasteiger charge is -2.20. The maximum atomic E-state index is 4.39. The molecule has 1 nitrogen and oxygen atoms in total. The molecule has 0 N–H and O–H groups in total. The zero-order valence-electron chi connectivity index (χ0n) is 7.32. The van der Waals surface area contributed by atoms with Gasteiger partial charge in [0.15, 0.2) is 0 Å². The standard InChI is InChI=1S/C11H15N/c1-3-6-10-8-5-9-12-11(10)7-4-2/h3-5,8-11H,1-2,6-7H2. The molecule has 0 radical (unpaired) electrons. The van der Waals surface area contributed by atoms with Crippen molar-refractivity contribution in [1.82, 2.24) is 0 Å². The van der Waals surface area contributed by atoms with Crippen molar-refractivity contribution >= 4 is 6.21 Å². The lowest BCUT2D eigenvalue weighted by molar-refractivity contribution is 0.510. The third-order valence-corrected chi connectivity index (χ3v) is 2.06. The highest BCUT2D eigenvalue weighted by atomic mass is 14.8. The van der Waals surface area contributed by atoms with Crippen molar-refractivity contribution in [1.29, 1.82) is 0 Å². The zero-order valence-corrected chi connectivity index (χ0v) is 7.32. The van der Waals surface area contributed by atoms with Gasteiger partial charge in [-0.15, -0.1) is 13.2 Å². The van der Waals surface area contributed by atoms with E-state index in [9.17, 15) is 0 Å². The fourth-order valence-electron chi connectivity index (χ4n) is 1.43. The maximum Gasteiger partial charge on any atom is 0.0599 e. The monoisotopic (exact) mass is 161 g/mol. The summed E-state index contributed by atoms with van der Waals surface area (Å²) < 4.78 is 0. The molecule has 0 aromatic carbocycles. The Balaban J connectivity index is 2.56. The number of hydrogen-bond donors (Lipinski definition) is 0. The summed E-state index contributed by atoms with van der Waals surface area (Å²) in [7, 11) is 0. The molecule has 12 heavy (non-hydrogen) atoms. The lowest BCUT2D eigenvalue weighted by atomic mass is 9.92. The van der Waals surface area contributed by atoms with Gasteiger partial charge in [0, 0.05) is 12.1 Å². The molecule has 0 spiro atoms. The molecule has 0 aliphatic carbocycles. The lowest BCUT2D eigenvalue weighted by Crippen LogP contribution is -2.18. The Labute approximate surface area is 74.2 Å². The summed E-state index contributed by atoms with van der Waals surface area (Å²) in [4.78, 5) is 4.39. The number of nitrogens with zero attached hydrogens (tertiary/aromatic N) is 1. The fraction of sp³-hybridized carbons (Fsp3) is 0.364. The van der Waals surface area contributed by atoms with E-state index in [1.165, 1.54) is 0 Å². The van der Waals surface area contributed by atoms with E-state index in [2.05, 4.69) is 24.2 Å². The van der Waals surface area contributed by atoms with Crippen LogP contribution in [0.2, 0.25) is 0 Å². The highest BCUT2D eigenvalue weighted by Crippen LogP contribution is 2.20. The SMILES string of the molecule is C=CCC1C=CC=NC1CC=C. The van der Waals surface area contributed by atoms with Crippen LogP contribution in [0.15, 0.2) is 42.5 Å². The Morgan fingerprint density at radius 2 is 2.00 bits per heavy atom. The number of hydrogen-bond acceptors (Lipinski definition) is 1.